The van der Waals surface area contributed by atoms with Crippen LogP contribution in [0.1, 0.15) is 32.3 Å². The Morgan fingerprint density at radius 1 is 1.35 bits per heavy atom. The second kappa shape index (κ2) is 7.39. The van der Waals surface area contributed by atoms with E-state index in [0.29, 0.717) is 5.91 Å². The standard InChI is InChI=1S/C16H25N3O/c1-3-19(4-2)16(20)15-6-5-11-18(13-15)12-14-7-9-17-10-8-14/h7-10,15H,3-6,11-13H2,1-2H3. The maximum atomic E-state index is 12.4. The lowest BCUT2D eigenvalue weighted by molar-refractivity contribution is -0.137. The van der Waals surface area contributed by atoms with Gasteiger partial charge in [0.2, 0.25) is 5.91 Å². The van der Waals surface area contributed by atoms with Crippen molar-refractivity contribution in [2.24, 2.45) is 5.92 Å². The second-order valence-corrected chi connectivity index (χ2v) is 5.44. The minimum Gasteiger partial charge on any atom is -0.343 e. The van der Waals surface area contributed by atoms with E-state index in [1.54, 1.807) is 0 Å². The number of piperidine rings is 1. The normalized spacial score (nSPS) is 19.8. The highest BCUT2D eigenvalue weighted by Crippen LogP contribution is 2.20. The number of nitrogens with zero attached hydrogens (tertiary/aromatic N) is 3. The maximum Gasteiger partial charge on any atom is 0.226 e. The smallest absolute Gasteiger partial charge is 0.226 e. The van der Waals surface area contributed by atoms with E-state index in [2.05, 4.69) is 35.9 Å². The summed E-state index contributed by atoms with van der Waals surface area (Å²) in [5, 5.41) is 0. The van der Waals surface area contributed by atoms with Crippen LogP contribution in [0.3, 0.4) is 0 Å². The Kier molecular flexibility index (Phi) is 5.53. The van der Waals surface area contributed by atoms with Crippen LogP contribution in [0, 0.1) is 5.92 Å². The van der Waals surface area contributed by atoms with Gasteiger partial charge in [-0.15, -0.1) is 0 Å². The molecule has 1 fully saturated rings. The number of carbonyl (C=O) groups excluding carboxylic acids is 1. The van der Waals surface area contributed by atoms with Gasteiger partial charge in [0.1, 0.15) is 0 Å². The van der Waals surface area contributed by atoms with Crippen LogP contribution in [0.15, 0.2) is 24.5 Å². The van der Waals surface area contributed by atoms with Crippen LogP contribution in [-0.4, -0.2) is 46.9 Å². The molecule has 0 aliphatic carbocycles. The largest absolute Gasteiger partial charge is 0.343 e. The third kappa shape index (κ3) is 3.79. The molecular weight excluding hydrogens is 250 g/mol. The average Bonchev–Trinajstić information content (AvgIpc) is 2.49. The van der Waals surface area contributed by atoms with Gasteiger partial charge in [0.25, 0.3) is 0 Å². The Morgan fingerprint density at radius 3 is 2.70 bits per heavy atom. The zero-order valence-electron chi connectivity index (χ0n) is 12.6. The fourth-order valence-corrected chi connectivity index (χ4v) is 2.94. The Labute approximate surface area is 121 Å². The van der Waals surface area contributed by atoms with Gasteiger partial charge in [-0.2, -0.15) is 0 Å². The highest BCUT2D eigenvalue weighted by Gasteiger charge is 2.28. The fourth-order valence-electron chi connectivity index (χ4n) is 2.94. The van der Waals surface area contributed by atoms with Crippen molar-refractivity contribution in [1.82, 2.24) is 14.8 Å². The SMILES string of the molecule is CCN(CC)C(=O)C1CCCN(Cc2ccncc2)C1. The zero-order chi connectivity index (χ0) is 14.4. The minimum absolute atomic E-state index is 0.172. The lowest BCUT2D eigenvalue weighted by Gasteiger charge is -2.34. The molecule has 1 aromatic heterocycles. The predicted molar refractivity (Wildman–Crippen MR) is 80.2 cm³/mol. The van der Waals surface area contributed by atoms with Crippen LogP contribution in [0.25, 0.3) is 0 Å². The van der Waals surface area contributed by atoms with Gasteiger partial charge < -0.3 is 4.90 Å². The first-order valence-corrected chi connectivity index (χ1v) is 7.64. The summed E-state index contributed by atoms with van der Waals surface area (Å²) in [4.78, 5) is 20.8. The number of hydrogen-bond acceptors (Lipinski definition) is 3. The van der Waals surface area contributed by atoms with E-state index in [1.165, 1.54) is 5.56 Å². The number of hydrogen-bond donors (Lipinski definition) is 0. The molecule has 1 aromatic rings. The summed E-state index contributed by atoms with van der Waals surface area (Å²) in [7, 11) is 0. The monoisotopic (exact) mass is 275 g/mol. The summed E-state index contributed by atoms with van der Waals surface area (Å²) >= 11 is 0. The number of pyridine rings is 1. The lowest BCUT2D eigenvalue weighted by Crippen LogP contribution is -2.44. The van der Waals surface area contributed by atoms with E-state index >= 15 is 0 Å². The molecule has 20 heavy (non-hydrogen) atoms. The van der Waals surface area contributed by atoms with Gasteiger partial charge in [0.15, 0.2) is 0 Å². The van der Waals surface area contributed by atoms with Crippen LogP contribution in [-0.2, 0) is 11.3 Å². The quantitative estimate of drug-likeness (QED) is 0.826. The maximum absolute atomic E-state index is 12.4. The van der Waals surface area contributed by atoms with E-state index in [4.69, 9.17) is 0 Å². The first kappa shape index (κ1) is 15.0. The Hall–Kier alpha value is -1.42. The topological polar surface area (TPSA) is 36.4 Å². The summed E-state index contributed by atoms with van der Waals surface area (Å²) in [6.07, 6.45) is 5.81. The summed E-state index contributed by atoms with van der Waals surface area (Å²) in [6, 6.07) is 4.10. The van der Waals surface area contributed by atoms with Crippen molar-refractivity contribution in [3.8, 4) is 0 Å². The fraction of sp³-hybridized carbons (Fsp3) is 0.625. The molecule has 110 valence electrons. The van der Waals surface area contributed by atoms with Crippen molar-refractivity contribution in [3.63, 3.8) is 0 Å². The van der Waals surface area contributed by atoms with Gasteiger partial charge in [-0.05, 0) is 50.9 Å². The Morgan fingerprint density at radius 2 is 2.05 bits per heavy atom. The van der Waals surface area contributed by atoms with Gasteiger partial charge >= 0.3 is 0 Å². The number of aromatic nitrogens is 1. The van der Waals surface area contributed by atoms with Crippen LogP contribution in [0.4, 0.5) is 0 Å². The molecular formula is C16H25N3O. The molecule has 1 aliphatic rings. The molecule has 0 saturated carbocycles. The van der Waals surface area contributed by atoms with Crippen molar-refractivity contribution in [1.29, 1.82) is 0 Å². The van der Waals surface area contributed by atoms with Gasteiger partial charge in [0.05, 0.1) is 5.92 Å². The molecule has 1 amide bonds. The molecule has 2 rings (SSSR count). The van der Waals surface area contributed by atoms with E-state index < -0.39 is 0 Å². The highest BCUT2D eigenvalue weighted by molar-refractivity contribution is 5.79. The number of carbonyl (C=O) groups is 1. The molecule has 0 bridgehead atoms. The summed E-state index contributed by atoms with van der Waals surface area (Å²) < 4.78 is 0. The molecule has 4 heteroatoms. The van der Waals surface area contributed by atoms with Gasteiger partial charge in [-0.25, -0.2) is 0 Å². The van der Waals surface area contributed by atoms with E-state index in [0.717, 1.165) is 45.6 Å². The van der Waals surface area contributed by atoms with Gasteiger partial charge in [0, 0.05) is 38.6 Å². The van der Waals surface area contributed by atoms with Crippen molar-refractivity contribution in [2.45, 2.75) is 33.2 Å². The highest BCUT2D eigenvalue weighted by atomic mass is 16.2. The molecule has 0 radical (unpaired) electrons. The van der Waals surface area contributed by atoms with E-state index in [1.807, 2.05) is 17.3 Å². The first-order valence-electron chi connectivity index (χ1n) is 7.64. The Bertz CT molecular complexity index is 417. The van der Waals surface area contributed by atoms with Crippen LogP contribution < -0.4 is 0 Å². The van der Waals surface area contributed by atoms with Crippen molar-refractivity contribution >= 4 is 5.91 Å². The lowest BCUT2D eigenvalue weighted by atomic mass is 9.96. The number of amides is 1. The molecule has 4 nitrogen and oxygen atoms in total. The molecule has 1 atom stereocenters. The van der Waals surface area contributed by atoms with Crippen LogP contribution >= 0.6 is 0 Å². The Balaban J connectivity index is 1.93. The summed E-state index contributed by atoms with van der Waals surface area (Å²) in [5.74, 6) is 0.500. The second-order valence-electron chi connectivity index (χ2n) is 5.44. The zero-order valence-corrected chi connectivity index (χ0v) is 12.6. The number of likely N-dealkylation sites (tertiary alicyclic amines) is 1. The predicted octanol–water partition coefficient (Wildman–Crippen LogP) is 2.16. The summed E-state index contributed by atoms with van der Waals surface area (Å²) in [5.41, 5.74) is 1.27. The van der Waals surface area contributed by atoms with Gasteiger partial charge in [-0.3, -0.25) is 14.7 Å². The van der Waals surface area contributed by atoms with Crippen LogP contribution in [0.5, 0.6) is 0 Å². The molecule has 1 unspecified atom stereocenters. The third-order valence-corrected chi connectivity index (χ3v) is 4.09. The molecule has 0 spiro atoms. The van der Waals surface area contributed by atoms with E-state index in [-0.39, 0.29) is 5.92 Å². The van der Waals surface area contributed by atoms with E-state index in [9.17, 15) is 4.79 Å². The summed E-state index contributed by atoms with van der Waals surface area (Å²) in [6.45, 7) is 8.64. The van der Waals surface area contributed by atoms with Crippen molar-refractivity contribution < 1.29 is 4.79 Å². The van der Waals surface area contributed by atoms with Gasteiger partial charge in [-0.1, -0.05) is 0 Å². The molecule has 2 heterocycles. The van der Waals surface area contributed by atoms with Crippen molar-refractivity contribution in [3.05, 3.63) is 30.1 Å². The number of rotatable bonds is 5. The molecule has 0 N–H and O–H groups in total. The van der Waals surface area contributed by atoms with Crippen LogP contribution in [0.2, 0.25) is 0 Å². The van der Waals surface area contributed by atoms with Crippen molar-refractivity contribution in [2.75, 3.05) is 26.2 Å². The molecule has 0 aromatic carbocycles. The minimum atomic E-state index is 0.172. The third-order valence-electron chi connectivity index (χ3n) is 4.09. The molecule has 1 aliphatic heterocycles. The molecule has 1 saturated heterocycles. The first-order chi connectivity index (χ1) is 9.74. The average molecular weight is 275 g/mol.